The molecular weight excluding hydrogens is 302 g/mol. The van der Waals surface area contributed by atoms with Gasteiger partial charge in [0.25, 0.3) is 11.6 Å². The molecule has 0 aliphatic heterocycles. The van der Waals surface area contributed by atoms with E-state index in [1.807, 2.05) is 0 Å². The van der Waals surface area contributed by atoms with Crippen LogP contribution in [0.1, 0.15) is 6.92 Å². The third kappa shape index (κ3) is 5.65. The van der Waals surface area contributed by atoms with Crippen molar-refractivity contribution < 1.29 is 19.2 Å². The third-order valence-electron chi connectivity index (χ3n) is 2.31. The van der Waals surface area contributed by atoms with Crippen molar-refractivity contribution in [3.8, 4) is 5.75 Å². The molecule has 21 heavy (non-hydrogen) atoms. The van der Waals surface area contributed by atoms with Crippen molar-refractivity contribution in [3.63, 3.8) is 0 Å². The zero-order chi connectivity index (χ0) is 15.8. The summed E-state index contributed by atoms with van der Waals surface area (Å²) in [5.41, 5.74) is -0.173. The number of amides is 2. The lowest BCUT2D eigenvalue weighted by molar-refractivity contribution is -0.384. The Labute approximate surface area is 125 Å². The molecule has 1 aromatic rings. The van der Waals surface area contributed by atoms with Crippen LogP contribution < -0.4 is 15.4 Å². The second kappa shape index (κ2) is 8.05. The molecule has 2 N–H and O–H groups in total. The summed E-state index contributed by atoms with van der Waals surface area (Å²) in [5.74, 6) is -0.662. The summed E-state index contributed by atoms with van der Waals surface area (Å²) >= 11 is 5.80. The number of carbonyl (C=O) groups excluding carboxylic acids is 2. The van der Waals surface area contributed by atoms with Crippen molar-refractivity contribution in [1.29, 1.82) is 0 Å². The van der Waals surface area contributed by atoms with E-state index < -0.39 is 10.8 Å². The summed E-state index contributed by atoms with van der Waals surface area (Å²) in [4.78, 5) is 32.5. The Morgan fingerprint density at radius 3 is 2.62 bits per heavy atom. The smallest absolute Gasteiger partial charge is 0.271 e. The predicted molar refractivity (Wildman–Crippen MR) is 75.3 cm³/mol. The molecule has 9 heteroatoms. The molecule has 0 unspecified atom stereocenters. The molecule has 2 amide bonds. The first-order valence-corrected chi connectivity index (χ1v) is 6.42. The monoisotopic (exact) mass is 315 g/mol. The Morgan fingerprint density at radius 2 is 2.05 bits per heavy atom. The van der Waals surface area contributed by atoms with E-state index in [-0.39, 0.29) is 35.5 Å². The normalized spacial score (nSPS) is 9.81. The highest BCUT2D eigenvalue weighted by Crippen LogP contribution is 2.28. The van der Waals surface area contributed by atoms with Crippen molar-refractivity contribution >= 4 is 29.1 Å². The molecule has 0 radical (unpaired) electrons. The van der Waals surface area contributed by atoms with Crippen LogP contribution in [0.3, 0.4) is 0 Å². The van der Waals surface area contributed by atoms with Crippen LogP contribution in [0, 0.1) is 10.1 Å². The molecule has 0 aliphatic carbocycles. The van der Waals surface area contributed by atoms with Gasteiger partial charge in [0.15, 0.2) is 6.61 Å². The van der Waals surface area contributed by atoms with Crippen LogP contribution in [0.25, 0.3) is 0 Å². The zero-order valence-corrected chi connectivity index (χ0v) is 12.0. The number of benzene rings is 1. The molecule has 0 saturated carbocycles. The lowest BCUT2D eigenvalue weighted by Gasteiger charge is -2.08. The Hall–Kier alpha value is -2.35. The third-order valence-corrected chi connectivity index (χ3v) is 2.60. The maximum absolute atomic E-state index is 11.4. The zero-order valence-electron chi connectivity index (χ0n) is 11.2. The maximum Gasteiger partial charge on any atom is 0.271 e. The molecule has 0 aromatic heterocycles. The summed E-state index contributed by atoms with van der Waals surface area (Å²) < 4.78 is 5.13. The highest BCUT2D eigenvalue weighted by atomic mass is 35.5. The first-order chi connectivity index (χ1) is 9.93. The van der Waals surface area contributed by atoms with Gasteiger partial charge in [0.1, 0.15) is 5.75 Å². The molecule has 0 spiro atoms. The van der Waals surface area contributed by atoms with Crippen LogP contribution in [0.2, 0.25) is 5.02 Å². The van der Waals surface area contributed by atoms with Crippen molar-refractivity contribution in [3.05, 3.63) is 33.3 Å². The number of hydrogen-bond acceptors (Lipinski definition) is 5. The molecule has 8 nitrogen and oxygen atoms in total. The molecule has 0 bridgehead atoms. The molecule has 1 rings (SSSR count). The van der Waals surface area contributed by atoms with Gasteiger partial charge in [-0.25, -0.2) is 0 Å². The molecule has 0 fully saturated rings. The number of non-ortho nitro benzene ring substituents is 1. The molecule has 114 valence electrons. The van der Waals surface area contributed by atoms with Crippen molar-refractivity contribution in [2.45, 2.75) is 6.92 Å². The molecule has 1 aromatic carbocycles. The predicted octanol–water partition coefficient (Wildman–Crippen LogP) is 0.879. The van der Waals surface area contributed by atoms with Gasteiger partial charge in [-0.2, -0.15) is 0 Å². The highest BCUT2D eigenvalue weighted by Gasteiger charge is 2.12. The molecule has 0 aliphatic rings. The Kier molecular flexibility index (Phi) is 6.41. The van der Waals surface area contributed by atoms with E-state index in [2.05, 4.69) is 10.6 Å². The minimum Gasteiger partial charge on any atom is -0.482 e. The lowest BCUT2D eigenvalue weighted by Crippen LogP contribution is -2.38. The van der Waals surface area contributed by atoms with Gasteiger partial charge in [-0.05, 0) is 13.0 Å². The number of nitrogens with one attached hydrogen (secondary N) is 2. The van der Waals surface area contributed by atoms with Crippen LogP contribution in [0.4, 0.5) is 5.69 Å². The summed E-state index contributed by atoms with van der Waals surface area (Å²) in [6.07, 6.45) is 0. The Balaban J connectivity index is 2.46. The fraction of sp³-hybridized carbons (Fsp3) is 0.333. The van der Waals surface area contributed by atoms with Crippen molar-refractivity contribution in [1.82, 2.24) is 10.6 Å². The number of rotatable bonds is 7. The van der Waals surface area contributed by atoms with Gasteiger partial charge in [-0.15, -0.1) is 0 Å². The van der Waals surface area contributed by atoms with E-state index in [9.17, 15) is 19.7 Å². The van der Waals surface area contributed by atoms with E-state index in [1.54, 1.807) is 6.92 Å². The molecule has 0 heterocycles. The first-order valence-electron chi connectivity index (χ1n) is 6.04. The number of likely N-dealkylation sites (N-methyl/N-ethyl adjacent to an activating group) is 1. The van der Waals surface area contributed by atoms with Gasteiger partial charge < -0.3 is 15.4 Å². The van der Waals surface area contributed by atoms with Gasteiger partial charge in [-0.3, -0.25) is 19.7 Å². The van der Waals surface area contributed by atoms with E-state index in [1.165, 1.54) is 12.1 Å². The van der Waals surface area contributed by atoms with E-state index in [4.69, 9.17) is 16.3 Å². The highest BCUT2D eigenvalue weighted by molar-refractivity contribution is 6.32. The second-order valence-corrected chi connectivity index (χ2v) is 4.30. The van der Waals surface area contributed by atoms with Crippen molar-refractivity contribution in [2.75, 3.05) is 19.7 Å². The van der Waals surface area contributed by atoms with Crippen molar-refractivity contribution in [2.24, 2.45) is 0 Å². The standard InChI is InChI=1S/C12H14ClN3O5/c1-2-14-11(17)6-15-12(18)7-21-10-4-3-8(16(19)20)5-9(10)13/h3-5H,2,6-7H2,1H3,(H,14,17)(H,15,18). The van der Waals surface area contributed by atoms with Crippen LogP contribution in [-0.4, -0.2) is 36.4 Å². The van der Waals surface area contributed by atoms with Crippen LogP contribution >= 0.6 is 11.6 Å². The maximum atomic E-state index is 11.4. The number of nitrogens with zero attached hydrogens (tertiary/aromatic N) is 1. The second-order valence-electron chi connectivity index (χ2n) is 3.89. The van der Waals surface area contributed by atoms with Gasteiger partial charge in [0.2, 0.25) is 5.91 Å². The number of nitro groups is 1. The fourth-order valence-corrected chi connectivity index (χ4v) is 1.58. The number of halogens is 1. The fourth-order valence-electron chi connectivity index (χ4n) is 1.35. The number of carbonyl (C=O) groups is 2. The van der Waals surface area contributed by atoms with Gasteiger partial charge in [0, 0.05) is 18.7 Å². The van der Waals surface area contributed by atoms with Crippen LogP contribution in [0.15, 0.2) is 18.2 Å². The van der Waals surface area contributed by atoms with E-state index in [0.717, 1.165) is 6.07 Å². The van der Waals surface area contributed by atoms with E-state index >= 15 is 0 Å². The van der Waals surface area contributed by atoms with Gasteiger partial charge >= 0.3 is 0 Å². The minimum atomic E-state index is -0.589. The largest absolute Gasteiger partial charge is 0.482 e. The van der Waals surface area contributed by atoms with Crippen LogP contribution in [-0.2, 0) is 9.59 Å². The average Bonchev–Trinajstić information content (AvgIpc) is 2.44. The quantitative estimate of drug-likeness (QED) is 0.573. The average molecular weight is 316 g/mol. The molecule has 0 atom stereocenters. The number of ether oxygens (including phenoxy) is 1. The topological polar surface area (TPSA) is 111 Å². The summed E-state index contributed by atoms with van der Waals surface area (Å²) in [6.45, 7) is 1.74. The summed E-state index contributed by atoms with van der Waals surface area (Å²) in [5, 5.41) is 15.4. The number of hydrogen-bond donors (Lipinski definition) is 2. The van der Waals surface area contributed by atoms with E-state index in [0.29, 0.717) is 6.54 Å². The summed E-state index contributed by atoms with van der Waals surface area (Å²) in [7, 11) is 0. The molecular formula is C12H14ClN3O5. The SMILES string of the molecule is CCNC(=O)CNC(=O)COc1ccc([N+](=O)[O-])cc1Cl. The van der Waals surface area contributed by atoms with Crippen LogP contribution in [0.5, 0.6) is 5.75 Å². The van der Waals surface area contributed by atoms with Gasteiger partial charge in [0.05, 0.1) is 16.5 Å². The lowest BCUT2D eigenvalue weighted by atomic mass is 10.3. The Morgan fingerprint density at radius 1 is 1.33 bits per heavy atom. The Bertz CT molecular complexity index is 550. The minimum absolute atomic E-state index is 0.0285. The number of nitro benzene ring substituents is 1. The summed E-state index contributed by atoms with van der Waals surface area (Å²) in [6, 6.07) is 3.65. The van der Waals surface area contributed by atoms with Gasteiger partial charge in [-0.1, -0.05) is 11.6 Å². The first kappa shape index (κ1) is 16.7. The molecule has 0 saturated heterocycles.